The Labute approximate surface area is 72.6 Å². The van der Waals surface area contributed by atoms with Gasteiger partial charge in [-0.25, -0.2) is 4.98 Å². The van der Waals surface area contributed by atoms with Crippen molar-refractivity contribution in [3.8, 4) is 5.88 Å². The van der Waals surface area contributed by atoms with Crippen LogP contribution in [-0.4, -0.2) is 22.8 Å². The Bertz CT molecular complexity index is 270. The Balaban J connectivity index is 2.51. The van der Waals surface area contributed by atoms with E-state index in [0.717, 1.165) is 6.20 Å². The molecule has 0 aliphatic carbocycles. The molecule has 0 N–H and O–H groups in total. The SMILES string of the molecule is Cc1cnc(OCC(F)(F)F)cn1. The third-order valence-electron chi connectivity index (χ3n) is 1.14. The van der Waals surface area contributed by atoms with Gasteiger partial charge in [-0.05, 0) is 6.92 Å². The van der Waals surface area contributed by atoms with Gasteiger partial charge in [0.2, 0.25) is 5.88 Å². The molecular formula is C7H7F3N2O. The number of alkyl halides is 3. The Morgan fingerprint density at radius 2 is 2.00 bits per heavy atom. The fraction of sp³-hybridized carbons (Fsp3) is 0.429. The minimum atomic E-state index is -4.34. The fourth-order valence-electron chi connectivity index (χ4n) is 0.611. The van der Waals surface area contributed by atoms with Crippen molar-refractivity contribution >= 4 is 0 Å². The standard InChI is InChI=1S/C7H7F3N2O/c1-5-2-12-6(3-11-5)13-4-7(8,9)10/h2-3H,4H2,1H3. The number of hydrogen-bond acceptors (Lipinski definition) is 3. The molecule has 0 atom stereocenters. The van der Waals surface area contributed by atoms with E-state index in [1.807, 2.05) is 0 Å². The van der Waals surface area contributed by atoms with Crippen LogP contribution in [-0.2, 0) is 0 Å². The lowest BCUT2D eigenvalue weighted by molar-refractivity contribution is -0.154. The largest absolute Gasteiger partial charge is 0.467 e. The molecule has 72 valence electrons. The summed E-state index contributed by atoms with van der Waals surface area (Å²) >= 11 is 0. The van der Waals surface area contributed by atoms with E-state index >= 15 is 0 Å². The highest BCUT2D eigenvalue weighted by molar-refractivity contribution is 5.05. The van der Waals surface area contributed by atoms with Crippen LogP contribution in [0.1, 0.15) is 5.69 Å². The molecule has 0 fully saturated rings. The number of aromatic nitrogens is 2. The van der Waals surface area contributed by atoms with Crippen molar-refractivity contribution in [3.05, 3.63) is 18.1 Å². The fourth-order valence-corrected chi connectivity index (χ4v) is 0.611. The molecule has 1 aromatic heterocycles. The number of rotatable bonds is 2. The highest BCUT2D eigenvalue weighted by Crippen LogP contribution is 2.16. The van der Waals surface area contributed by atoms with E-state index in [1.165, 1.54) is 6.20 Å². The van der Waals surface area contributed by atoms with Gasteiger partial charge in [-0.2, -0.15) is 13.2 Å². The molecule has 0 saturated carbocycles. The maximum absolute atomic E-state index is 11.6. The van der Waals surface area contributed by atoms with E-state index in [4.69, 9.17) is 0 Å². The monoisotopic (exact) mass is 192 g/mol. The molecule has 6 heteroatoms. The molecule has 0 bridgehead atoms. The van der Waals surface area contributed by atoms with Crippen LogP contribution in [0.3, 0.4) is 0 Å². The summed E-state index contributed by atoms with van der Waals surface area (Å²) < 4.78 is 39.3. The maximum atomic E-state index is 11.6. The van der Waals surface area contributed by atoms with Gasteiger partial charge < -0.3 is 4.74 Å². The highest BCUT2D eigenvalue weighted by Gasteiger charge is 2.28. The van der Waals surface area contributed by atoms with Gasteiger partial charge in [0.25, 0.3) is 0 Å². The summed E-state index contributed by atoms with van der Waals surface area (Å²) in [5.41, 5.74) is 0.624. The van der Waals surface area contributed by atoms with Crippen molar-refractivity contribution in [2.45, 2.75) is 13.1 Å². The third kappa shape index (κ3) is 3.73. The molecule has 0 aliphatic heterocycles. The normalized spacial score (nSPS) is 11.4. The van der Waals surface area contributed by atoms with E-state index in [0.29, 0.717) is 5.69 Å². The predicted molar refractivity (Wildman–Crippen MR) is 38.3 cm³/mol. The molecule has 0 aliphatic rings. The van der Waals surface area contributed by atoms with E-state index < -0.39 is 12.8 Å². The molecule has 0 amide bonds. The minimum absolute atomic E-state index is 0.122. The van der Waals surface area contributed by atoms with E-state index in [1.54, 1.807) is 6.92 Å². The third-order valence-corrected chi connectivity index (χ3v) is 1.14. The molecule has 0 saturated heterocycles. The van der Waals surface area contributed by atoms with Gasteiger partial charge in [0.15, 0.2) is 6.61 Å². The molecule has 3 nitrogen and oxygen atoms in total. The molecular weight excluding hydrogens is 185 g/mol. The number of hydrogen-bond donors (Lipinski definition) is 0. The van der Waals surface area contributed by atoms with Crippen molar-refractivity contribution in [1.29, 1.82) is 0 Å². The van der Waals surface area contributed by atoms with Crippen LogP contribution in [0, 0.1) is 6.92 Å². The lowest BCUT2D eigenvalue weighted by atomic mass is 10.5. The second-order valence-corrected chi connectivity index (χ2v) is 2.40. The van der Waals surface area contributed by atoms with Crippen molar-refractivity contribution in [3.63, 3.8) is 0 Å². The number of halogens is 3. The zero-order chi connectivity index (χ0) is 9.90. The first-order chi connectivity index (χ1) is 5.97. The van der Waals surface area contributed by atoms with Crippen LogP contribution in [0.15, 0.2) is 12.4 Å². The van der Waals surface area contributed by atoms with Crippen molar-refractivity contribution in [2.24, 2.45) is 0 Å². The first-order valence-corrected chi connectivity index (χ1v) is 3.45. The number of nitrogens with zero attached hydrogens (tertiary/aromatic N) is 2. The Morgan fingerprint density at radius 1 is 1.31 bits per heavy atom. The average Bonchev–Trinajstić information content (AvgIpc) is 2.02. The average molecular weight is 192 g/mol. The molecule has 0 spiro atoms. The molecule has 1 rings (SSSR count). The topological polar surface area (TPSA) is 35.0 Å². The molecule has 1 aromatic rings. The van der Waals surface area contributed by atoms with Crippen LogP contribution in [0.4, 0.5) is 13.2 Å². The van der Waals surface area contributed by atoms with Gasteiger partial charge in [0.1, 0.15) is 0 Å². The van der Waals surface area contributed by atoms with Crippen LogP contribution in [0.2, 0.25) is 0 Å². The summed E-state index contributed by atoms with van der Waals surface area (Å²) in [6, 6.07) is 0. The molecule has 0 aromatic carbocycles. The second-order valence-electron chi connectivity index (χ2n) is 2.40. The van der Waals surface area contributed by atoms with E-state index in [2.05, 4.69) is 14.7 Å². The van der Waals surface area contributed by atoms with E-state index in [9.17, 15) is 13.2 Å². The zero-order valence-electron chi connectivity index (χ0n) is 6.80. The van der Waals surface area contributed by atoms with Crippen LogP contribution in [0.25, 0.3) is 0 Å². The summed E-state index contributed by atoms with van der Waals surface area (Å²) in [5.74, 6) is -0.122. The smallest absolute Gasteiger partial charge is 0.422 e. The van der Waals surface area contributed by atoms with Gasteiger partial charge in [-0.3, -0.25) is 4.98 Å². The zero-order valence-corrected chi connectivity index (χ0v) is 6.80. The summed E-state index contributed by atoms with van der Waals surface area (Å²) in [5, 5.41) is 0. The Kier molecular flexibility index (Phi) is 2.69. The first kappa shape index (κ1) is 9.76. The quantitative estimate of drug-likeness (QED) is 0.715. The summed E-state index contributed by atoms with van der Waals surface area (Å²) in [7, 11) is 0. The summed E-state index contributed by atoms with van der Waals surface area (Å²) in [4.78, 5) is 7.32. The molecule has 0 unspecified atom stereocenters. The summed E-state index contributed by atoms with van der Waals surface area (Å²) in [6.45, 7) is 0.339. The van der Waals surface area contributed by atoms with E-state index in [-0.39, 0.29) is 5.88 Å². The second kappa shape index (κ2) is 3.59. The number of ether oxygens (including phenoxy) is 1. The van der Waals surface area contributed by atoms with Crippen LogP contribution in [0.5, 0.6) is 5.88 Å². The van der Waals surface area contributed by atoms with Gasteiger partial charge in [-0.15, -0.1) is 0 Å². The van der Waals surface area contributed by atoms with Crippen molar-refractivity contribution < 1.29 is 17.9 Å². The highest BCUT2D eigenvalue weighted by atomic mass is 19.4. The Hall–Kier alpha value is -1.33. The first-order valence-electron chi connectivity index (χ1n) is 3.45. The molecule has 0 radical (unpaired) electrons. The minimum Gasteiger partial charge on any atom is -0.467 e. The summed E-state index contributed by atoms with van der Waals surface area (Å²) in [6.07, 6.45) is -1.85. The lowest BCUT2D eigenvalue weighted by Gasteiger charge is -2.07. The van der Waals surface area contributed by atoms with Gasteiger partial charge in [-0.1, -0.05) is 0 Å². The van der Waals surface area contributed by atoms with Gasteiger partial charge in [0.05, 0.1) is 18.1 Å². The van der Waals surface area contributed by atoms with Crippen molar-refractivity contribution in [1.82, 2.24) is 9.97 Å². The van der Waals surface area contributed by atoms with Gasteiger partial charge >= 0.3 is 6.18 Å². The van der Waals surface area contributed by atoms with Gasteiger partial charge in [0, 0.05) is 0 Å². The number of aryl methyl sites for hydroxylation is 1. The predicted octanol–water partition coefficient (Wildman–Crippen LogP) is 1.73. The van der Waals surface area contributed by atoms with Crippen LogP contribution >= 0.6 is 0 Å². The van der Waals surface area contributed by atoms with Crippen LogP contribution < -0.4 is 4.74 Å². The van der Waals surface area contributed by atoms with Crippen molar-refractivity contribution in [2.75, 3.05) is 6.61 Å². The molecule has 13 heavy (non-hydrogen) atoms. The lowest BCUT2D eigenvalue weighted by Crippen LogP contribution is -2.19. The molecule has 1 heterocycles. The maximum Gasteiger partial charge on any atom is 0.422 e. The Morgan fingerprint density at radius 3 is 2.46 bits per heavy atom.